The molecule has 6 N–H and O–H groups in total. The summed E-state index contributed by atoms with van der Waals surface area (Å²) in [4.78, 5) is 23.8. The first-order valence-corrected chi connectivity index (χ1v) is 7.38. The van der Waals surface area contributed by atoms with Gasteiger partial charge in [-0.25, -0.2) is 0 Å². The van der Waals surface area contributed by atoms with Gasteiger partial charge >= 0.3 is 0 Å². The summed E-state index contributed by atoms with van der Waals surface area (Å²) in [7, 11) is 0. The highest BCUT2D eigenvalue weighted by atomic mass is 16.3. The largest absolute Gasteiger partial charge is 0.508 e. The molecule has 2 aromatic rings. The SMILES string of the molecule is NC(CCC(=O)Nc1ccc(O)cc1)C(=O)Nc1ccc(O)cc1. The lowest BCUT2D eigenvalue weighted by Crippen LogP contribution is -2.36. The molecular weight excluding hydrogens is 310 g/mol. The zero-order valence-electron chi connectivity index (χ0n) is 12.9. The Labute approximate surface area is 139 Å². The van der Waals surface area contributed by atoms with E-state index in [9.17, 15) is 19.8 Å². The second-order valence-electron chi connectivity index (χ2n) is 5.28. The molecule has 7 nitrogen and oxygen atoms in total. The van der Waals surface area contributed by atoms with Gasteiger partial charge in [-0.15, -0.1) is 0 Å². The zero-order chi connectivity index (χ0) is 17.5. The summed E-state index contributed by atoms with van der Waals surface area (Å²) in [5, 5.41) is 23.6. The van der Waals surface area contributed by atoms with Crippen LogP contribution in [-0.4, -0.2) is 28.1 Å². The van der Waals surface area contributed by atoms with Crippen LogP contribution >= 0.6 is 0 Å². The van der Waals surface area contributed by atoms with Gasteiger partial charge in [-0.05, 0) is 55.0 Å². The van der Waals surface area contributed by atoms with Gasteiger partial charge in [-0.3, -0.25) is 9.59 Å². The molecule has 0 spiro atoms. The maximum absolute atomic E-state index is 11.9. The van der Waals surface area contributed by atoms with E-state index in [2.05, 4.69) is 10.6 Å². The van der Waals surface area contributed by atoms with Crippen LogP contribution in [0.25, 0.3) is 0 Å². The standard InChI is InChI=1S/C17H19N3O4/c18-15(17(24)20-12-3-7-14(22)8-4-12)9-10-16(23)19-11-1-5-13(21)6-2-11/h1-8,15,21-22H,9-10,18H2,(H,19,23)(H,20,24). The Balaban J connectivity index is 1.77. The number of amides is 2. The number of hydrogen-bond donors (Lipinski definition) is 5. The van der Waals surface area contributed by atoms with Crippen LogP contribution in [0.1, 0.15) is 12.8 Å². The van der Waals surface area contributed by atoms with E-state index in [1.54, 1.807) is 24.3 Å². The third kappa shape index (κ3) is 5.29. The highest BCUT2D eigenvalue weighted by molar-refractivity contribution is 5.96. The first kappa shape index (κ1) is 17.3. The van der Waals surface area contributed by atoms with E-state index in [1.807, 2.05) is 0 Å². The number of carbonyl (C=O) groups excluding carboxylic acids is 2. The Morgan fingerprint density at radius 3 is 1.83 bits per heavy atom. The van der Waals surface area contributed by atoms with Crippen molar-refractivity contribution in [3.8, 4) is 11.5 Å². The number of nitrogens with two attached hydrogens (primary N) is 1. The van der Waals surface area contributed by atoms with Gasteiger partial charge in [0.15, 0.2) is 0 Å². The third-order valence-electron chi connectivity index (χ3n) is 3.31. The Bertz CT molecular complexity index is 699. The van der Waals surface area contributed by atoms with Crippen molar-refractivity contribution in [2.75, 3.05) is 10.6 Å². The molecule has 2 rings (SSSR count). The Hall–Kier alpha value is -3.06. The van der Waals surface area contributed by atoms with Crippen molar-refractivity contribution in [3.63, 3.8) is 0 Å². The van der Waals surface area contributed by atoms with Crippen LogP contribution in [0.5, 0.6) is 11.5 Å². The van der Waals surface area contributed by atoms with Gasteiger partial charge in [0.05, 0.1) is 6.04 Å². The second-order valence-corrected chi connectivity index (χ2v) is 5.28. The molecule has 0 aromatic heterocycles. The van der Waals surface area contributed by atoms with Crippen molar-refractivity contribution in [3.05, 3.63) is 48.5 Å². The molecule has 0 heterocycles. The van der Waals surface area contributed by atoms with Gasteiger partial charge in [0.1, 0.15) is 11.5 Å². The summed E-state index contributed by atoms with van der Waals surface area (Å²) in [6.07, 6.45) is 0.277. The van der Waals surface area contributed by atoms with Crippen LogP contribution in [-0.2, 0) is 9.59 Å². The summed E-state index contributed by atoms with van der Waals surface area (Å²) in [6, 6.07) is 11.3. The topological polar surface area (TPSA) is 125 Å². The minimum Gasteiger partial charge on any atom is -0.508 e. The predicted octanol–water partition coefficient (Wildman–Crippen LogP) is 1.78. The molecule has 0 radical (unpaired) electrons. The van der Waals surface area contributed by atoms with Gasteiger partial charge < -0.3 is 26.6 Å². The van der Waals surface area contributed by atoms with Crippen LogP contribution < -0.4 is 16.4 Å². The highest BCUT2D eigenvalue weighted by Gasteiger charge is 2.15. The minimum atomic E-state index is -0.829. The zero-order valence-corrected chi connectivity index (χ0v) is 12.9. The van der Waals surface area contributed by atoms with E-state index in [4.69, 9.17) is 5.73 Å². The Kier molecular flexibility index (Phi) is 5.75. The summed E-state index contributed by atoms with van der Waals surface area (Å²) < 4.78 is 0. The molecule has 0 bridgehead atoms. The molecule has 0 fully saturated rings. The number of hydrogen-bond acceptors (Lipinski definition) is 5. The number of rotatable bonds is 6. The number of anilines is 2. The quantitative estimate of drug-likeness (QED) is 0.517. The molecule has 0 aliphatic rings. The van der Waals surface area contributed by atoms with Crippen molar-refractivity contribution in [1.82, 2.24) is 0 Å². The lowest BCUT2D eigenvalue weighted by molar-refractivity contribution is -0.118. The van der Waals surface area contributed by atoms with E-state index < -0.39 is 11.9 Å². The van der Waals surface area contributed by atoms with Gasteiger partial charge in [-0.1, -0.05) is 0 Å². The van der Waals surface area contributed by atoms with Crippen LogP contribution in [0.4, 0.5) is 11.4 Å². The fourth-order valence-electron chi connectivity index (χ4n) is 1.97. The molecule has 1 atom stereocenters. The van der Waals surface area contributed by atoms with Crippen LogP contribution in [0.3, 0.4) is 0 Å². The van der Waals surface area contributed by atoms with E-state index in [0.29, 0.717) is 11.4 Å². The number of carbonyl (C=O) groups is 2. The first-order valence-electron chi connectivity index (χ1n) is 7.38. The molecule has 0 saturated carbocycles. The van der Waals surface area contributed by atoms with Crippen LogP contribution in [0, 0.1) is 0 Å². The molecule has 7 heteroatoms. The smallest absolute Gasteiger partial charge is 0.241 e. The highest BCUT2D eigenvalue weighted by Crippen LogP contribution is 2.15. The Morgan fingerprint density at radius 1 is 0.875 bits per heavy atom. The number of benzene rings is 2. The molecule has 2 aromatic carbocycles. The van der Waals surface area contributed by atoms with Crippen LogP contribution in [0.15, 0.2) is 48.5 Å². The lowest BCUT2D eigenvalue weighted by Gasteiger charge is -2.12. The molecule has 0 aliphatic carbocycles. The van der Waals surface area contributed by atoms with E-state index in [1.165, 1.54) is 24.3 Å². The average Bonchev–Trinajstić information content (AvgIpc) is 2.57. The molecule has 126 valence electrons. The van der Waals surface area contributed by atoms with E-state index >= 15 is 0 Å². The first-order chi connectivity index (χ1) is 11.4. The number of phenolic OH excluding ortho intramolecular Hbond substituents is 2. The summed E-state index contributed by atoms with van der Waals surface area (Å²) in [5.74, 6) is -0.462. The fourth-order valence-corrected chi connectivity index (χ4v) is 1.97. The van der Waals surface area contributed by atoms with Gasteiger partial charge in [0, 0.05) is 17.8 Å². The molecule has 0 saturated heterocycles. The molecule has 2 amide bonds. The van der Waals surface area contributed by atoms with Crippen LogP contribution in [0.2, 0.25) is 0 Å². The summed E-state index contributed by atoms with van der Waals surface area (Å²) >= 11 is 0. The molecule has 1 unspecified atom stereocenters. The van der Waals surface area contributed by atoms with Crippen molar-refractivity contribution >= 4 is 23.2 Å². The van der Waals surface area contributed by atoms with Crippen molar-refractivity contribution in [2.24, 2.45) is 5.73 Å². The molecule has 24 heavy (non-hydrogen) atoms. The van der Waals surface area contributed by atoms with E-state index in [-0.39, 0.29) is 30.2 Å². The molecular formula is C17H19N3O4. The summed E-state index contributed by atoms with van der Waals surface area (Å²) in [5.41, 5.74) is 6.85. The number of nitrogens with one attached hydrogen (secondary N) is 2. The number of phenols is 2. The maximum Gasteiger partial charge on any atom is 0.241 e. The second kappa shape index (κ2) is 7.98. The number of aromatic hydroxyl groups is 2. The van der Waals surface area contributed by atoms with Gasteiger partial charge in [0.2, 0.25) is 11.8 Å². The average molecular weight is 329 g/mol. The fraction of sp³-hybridized carbons (Fsp3) is 0.176. The van der Waals surface area contributed by atoms with Gasteiger partial charge in [0.25, 0.3) is 0 Å². The molecule has 0 aliphatic heterocycles. The summed E-state index contributed by atoms with van der Waals surface area (Å²) in [6.45, 7) is 0. The van der Waals surface area contributed by atoms with Crippen molar-refractivity contribution in [1.29, 1.82) is 0 Å². The van der Waals surface area contributed by atoms with Gasteiger partial charge in [-0.2, -0.15) is 0 Å². The Morgan fingerprint density at radius 2 is 1.33 bits per heavy atom. The lowest BCUT2D eigenvalue weighted by atomic mass is 10.1. The normalized spacial score (nSPS) is 11.5. The minimum absolute atomic E-state index is 0.0883. The maximum atomic E-state index is 11.9. The third-order valence-corrected chi connectivity index (χ3v) is 3.31. The monoisotopic (exact) mass is 329 g/mol. The van der Waals surface area contributed by atoms with E-state index in [0.717, 1.165) is 0 Å². The van der Waals surface area contributed by atoms with Crippen molar-refractivity contribution < 1.29 is 19.8 Å². The van der Waals surface area contributed by atoms with Crippen molar-refractivity contribution in [2.45, 2.75) is 18.9 Å². The predicted molar refractivity (Wildman–Crippen MR) is 90.7 cm³/mol.